The first-order chi connectivity index (χ1) is 12.1. The standard InChI is InChI=1S/C17H26N4O4S/c1-17(2)12-21(7-8-26(17,23)24)16(19-3)20-10-13-5-4-6-14(9-13)25-11-15(18)22/h4-6,9H,7-8,10-12H2,1-3H3,(H2,18,22)(H,19,20). The van der Waals surface area contributed by atoms with E-state index in [9.17, 15) is 13.2 Å². The van der Waals surface area contributed by atoms with Gasteiger partial charge in [-0.1, -0.05) is 12.1 Å². The zero-order valence-corrected chi connectivity index (χ0v) is 16.2. The van der Waals surface area contributed by atoms with E-state index in [1.807, 2.05) is 23.1 Å². The fraction of sp³-hybridized carbons (Fsp3) is 0.529. The van der Waals surface area contributed by atoms with E-state index in [1.54, 1.807) is 27.0 Å². The molecule has 144 valence electrons. The van der Waals surface area contributed by atoms with Crippen LogP contribution in [0, 0.1) is 0 Å². The minimum Gasteiger partial charge on any atom is -0.484 e. The summed E-state index contributed by atoms with van der Waals surface area (Å²) in [6.07, 6.45) is 0. The van der Waals surface area contributed by atoms with E-state index >= 15 is 0 Å². The monoisotopic (exact) mass is 382 g/mol. The molecule has 0 aromatic heterocycles. The maximum Gasteiger partial charge on any atom is 0.255 e. The number of nitrogens with one attached hydrogen (secondary N) is 1. The van der Waals surface area contributed by atoms with Crippen LogP contribution in [0.5, 0.6) is 5.75 Å². The quantitative estimate of drug-likeness (QED) is 0.553. The van der Waals surface area contributed by atoms with E-state index < -0.39 is 20.5 Å². The summed E-state index contributed by atoms with van der Waals surface area (Å²) in [6, 6.07) is 7.31. The zero-order valence-electron chi connectivity index (χ0n) is 15.4. The Labute approximate surface area is 154 Å². The average molecular weight is 382 g/mol. The third-order valence-corrected chi connectivity index (χ3v) is 6.82. The Morgan fingerprint density at radius 3 is 2.77 bits per heavy atom. The van der Waals surface area contributed by atoms with E-state index in [4.69, 9.17) is 10.5 Å². The van der Waals surface area contributed by atoms with Gasteiger partial charge in [0.1, 0.15) is 5.75 Å². The van der Waals surface area contributed by atoms with E-state index in [0.29, 0.717) is 31.3 Å². The molecule has 0 saturated carbocycles. The van der Waals surface area contributed by atoms with Crippen molar-refractivity contribution in [3.8, 4) is 5.75 Å². The van der Waals surface area contributed by atoms with Crippen molar-refractivity contribution in [1.82, 2.24) is 10.2 Å². The number of primary amides is 1. The Hall–Kier alpha value is -2.29. The van der Waals surface area contributed by atoms with Gasteiger partial charge in [0, 0.05) is 26.7 Å². The summed E-state index contributed by atoms with van der Waals surface area (Å²) in [7, 11) is -1.43. The molecule has 2 rings (SSSR count). The van der Waals surface area contributed by atoms with Crippen molar-refractivity contribution in [2.75, 3.05) is 32.5 Å². The Kier molecular flexibility index (Phi) is 6.12. The number of aliphatic imine (C=N–C) groups is 1. The molecular formula is C17H26N4O4S. The minimum atomic E-state index is -3.10. The van der Waals surface area contributed by atoms with Gasteiger partial charge in [-0.05, 0) is 31.5 Å². The predicted molar refractivity (Wildman–Crippen MR) is 101 cm³/mol. The highest BCUT2D eigenvalue weighted by atomic mass is 32.2. The molecule has 9 heteroatoms. The van der Waals surface area contributed by atoms with Crippen molar-refractivity contribution in [3.05, 3.63) is 29.8 Å². The maximum atomic E-state index is 12.2. The summed E-state index contributed by atoms with van der Waals surface area (Å²) in [5.74, 6) is 0.785. The first-order valence-corrected chi connectivity index (χ1v) is 9.98. The summed E-state index contributed by atoms with van der Waals surface area (Å²) in [5, 5.41) is 3.25. The second-order valence-corrected chi connectivity index (χ2v) is 9.55. The number of rotatable bonds is 5. The van der Waals surface area contributed by atoms with Gasteiger partial charge in [0.15, 0.2) is 22.4 Å². The number of sulfone groups is 1. The molecular weight excluding hydrogens is 356 g/mol. The first kappa shape index (κ1) is 20.0. The van der Waals surface area contributed by atoms with E-state index in [2.05, 4.69) is 10.3 Å². The lowest BCUT2D eigenvalue weighted by molar-refractivity contribution is -0.119. The van der Waals surface area contributed by atoms with Crippen molar-refractivity contribution in [2.24, 2.45) is 10.7 Å². The number of guanidine groups is 1. The third-order valence-electron chi connectivity index (χ3n) is 4.28. The number of hydrogen-bond donors (Lipinski definition) is 2. The largest absolute Gasteiger partial charge is 0.484 e. The van der Waals surface area contributed by atoms with Crippen LogP contribution in [0.4, 0.5) is 0 Å². The molecule has 1 aliphatic heterocycles. The number of benzene rings is 1. The predicted octanol–water partition coefficient (Wildman–Crippen LogP) is 0.135. The normalized spacial score (nSPS) is 19.0. The maximum absolute atomic E-state index is 12.2. The average Bonchev–Trinajstić information content (AvgIpc) is 2.57. The van der Waals surface area contributed by atoms with Gasteiger partial charge < -0.3 is 20.7 Å². The molecule has 0 bridgehead atoms. The van der Waals surface area contributed by atoms with E-state index in [1.165, 1.54) is 0 Å². The van der Waals surface area contributed by atoms with Gasteiger partial charge in [0.05, 0.1) is 10.5 Å². The number of hydrogen-bond acceptors (Lipinski definition) is 5. The van der Waals surface area contributed by atoms with Crippen molar-refractivity contribution in [1.29, 1.82) is 0 Å². The highest BCUT2D eigenvalue weighted by molar-refractivity contribution is 7.92. The molecule has 26 heavy (non-hydrogen) atoms. The Morgan fingerprint density at radius 1 is 1.42 bits per heavy atom. The van der Waals surface area contributed by atoms with Gasteiger partial charge in [-0.25, -0.2) is 8.42 Å². The van der Waals surface area contributed by atoms with Crippen LogP contribution in [0.2, 0.25) is 0 Å². The topological polar surface area (TPSA) is 114 Å². The van der Waals surface area contributed by atoms with Crippen LogP contribution >= 0.6 is 0 Å². The number of carbonyl (C=O) groups excluding carboxylic acids is 1. The molecule has 0 radical (unpaired) electrons. The lowest BCUT2D eigenvalue weighted by atomic mass is 10.2. The Morgan fingerprint density at radius 2 is 2.15 bits per heavy atom. The zero-order chi connectivity index (χ0) is 19.4. The van der Waals surface area contributed by atoms with Crippen LogP contribution < -0.4 is 15.8 Å². The lowest BCUT2D eigenvalue weighted by Gasteiger charge is -2.39. The van der Waals surface area contributed by atoms with Crippen molar-refractivity contribution in [2.45, 2.75) is 25.1 Å². The molecule has 1 aliphatic rings. The molecule has 3 N–H and O–H groups in total. The number of carbonyl (C=O) groups is 1. The number of nitrogens with zero attached hydrogens (tertiary/aromatic N) is 2. The molecule has 1 fully saturated rings. The van der Waals surface area contributed by atoms with Crippen LogP contribution in [-0.2, 0) is 21.2 Å². The lowest BCUT2D eigenvalue weighted by Crippen LogP contribution is -2.57. The molecule has 1 heterocycles. The highest BCUT2D eigenvalue weighted by Crippen LogP contribution is 2.23. The summed E-state index contributed by atoms with van der Waals surface area (Å²) >= 11 is 0. The summed E-state index contributed by atoms with van der Waals surface area (Å²) in [6.45, 7) is 4.59. The molecule has 1 aromatic rings. The number of nitrogens with two attached hydrogens (primary N) is 1. The molecule has 0 aliphatic carbocycles. The fourth-order valence-corrected chi connectivity index (χ4v) is 4.10. The van der Waals surface area contributed by atoms with Crippen molar-refractivity contribution in [3.63, 3.8) is 0 Å². The summed E-state index contributed by atoms with van der Waals surface area (Å²) < 4.78 is 28.8. The smallest absolute Gasteiger partial charge is 0.255 e. The summed E-state index contributed by atoms with van der Waals surface area (Å²) in [4.78, 5) is 17.0. The second kappa shape index (κ2) is 7.94. The molecule has 0 unspecified atom stereocenters. The highest BCUT2D eigenvalue weighted by Gasteiger charge is 2.40. The Bertz CT molecular complexity index is 790. The van der Waals surface area contributed by atoms with Crippen molar-refractivity contribution >= 4 is 21.7 Å². The van der Waals surface area contributed by atoms with Crippen molar-refractivity contribution < 1.29 is 17.9 Å². The molecule has 0 atom stereocenters. The molecule has 1 saturated heterocycles. The summed E-state index contributed by atoms with van der Waals surface area (Å²) in [5.41, 5.74) is 6.02. The molecule has 1 aromatic carbocycles. The van der Waals surface area contributed by atoms with Gasteiger partial charge in [-0.3, -0.25) is 9.79 Å². The second-order valence-electron chi connectivity index (χ2n) is 6.80. The van der Waals surface area contributed by atoms with Gasteiger partial charge in [-0.2, -0.15) is 0 Å². The molecule has 0 spiro atoms. The Balaban J connectivity index is 1.99. The van der Waals surface area contributed by atoms with Gasteiger partial charge >= 0.3 is 0 Å². The van der Waals surface area contributed by atoms with E-state index in [-0.39, 0.29) is 12.4 Å². The third kappa shape index (κ3) is 4.87. The van der Waals surface area contributed by atoms with Crippen LogP contribution in [0.1, 0.15) is 19.4 Å². The fourth-order valence-electron chi connectivity index (χ4n) is 2.74. The van der Waals surface area contributed by atoms with Crippen LogP contribution in [0.25, 0.3) is 0 Å². The van der Waals surface area contributed by atoms with Gasteiger partial charge in [0.2, 0.25) is 0 Å². The van der Waals surface area contributed by atoms with Crippen LogP contribution in [0.15, 0.2) is 29.3 Å². The van der Waals surface area contributed by atoms with E-state index in [0.717, 1.165) is 5.56 Å². The van der Waals surface area contributed by atoms with Gasteiger partial charge in [-0.15, -0.1) is 0 Å². The minimum absolute atomic E-state index is 0.108. The first-order valence-electron chi connectivity index (χ1n) is 8.32. The molecule has 8 nitrogen and oxygen atoms in total. The van der Waals surface area contributed by atoms with Crippen LogP contribution in [-0.4, -0.2) is 62.4 Å². The molecule has 1 amide bonds. The SMILES string of the molecule is CN=C(NCc1cccc(OCC(N)=O)c1)N1CCS(=O)(=O)C(C)(C)C1. The van der Waals surface area contributed by atoms with Crippen LogP contribution in [0.3, 0.4) is 0 Å². The van der Waals surface area contributed by atoms with Gasteiger partial charge in [0.25, 0.3) is 5.91 Å². The number of amides is 1. The number of ether oxygens (including phenoxy) is 1.